The number of hydrogen-bond donors (Lipinski definition) is 2. The molecule has 5 heteroatoms. The smallest absolute Gasteiger partial charge is 0.236 e. The molecule has 1 aliphatic rings. The number of nitrogens with one attached hydrogen (secondary N) is 1. The van der Waals surface area contributed by atoms with Crippen molar-refractivity contribution < 1.29 is 4.79 Å². The molecule has 0 saturated heterocycles. The summed E-state index contributed by atoms with van der Waals surface area (Å²) in [5.41, 5.74) is 10.3. The number of nitrogens with zero attached hydrogens (tertiary/aromatic N) is 1. The van der Waals surface area contributed by atoms with Gasteiger partial charge in [-0.1, -0.05) is 15.9 Å². The molecule has 4 nitrogen and oxygen atoms in total. The first-order valence-electron chi connectivity index (χ1n) is 6.29. The van der Waals surface area contributed by atoms with Gasteiger partial charge in [-0.3, -0.25) is 9.69 Å². The highest BCUT2D eigenvalue weighted by atomic mass is 79.9. The Labute approximate surface area is 125 Å². The van der Waals surface area contributed by atoms with Crippen LogP contribution in [0, 0.1) is 0 Å². The Morgan fingerprint density at radius 2 is 1.95 bits per heavy atom. The van der Waals surface area contributed by atoms with E-state index in [9.17, 15) is 4.79 Å². The van der Waals surface area contributed by atoms with Crippen LogP contribution in [0.3, 0.4) is 0 Å². The quantitative estimate of drug-likeness (QED) is 0.830. The molecule has 0 spiro atoms. The molecular weight excluding hydrogens is 318 g/mol. The number of carbonyl (C=O) groups is 1. The van der Waals surface area contributed by atoms with E-state index in [1.54, 1.807) is 4.90 Å². The molecule has 0 atom stereocenters. The summed E-state index contributed by atoms with van der Waals surface area (Å²) in [5, 5.41) is 3.08. The van der Waals surface area contributed by atoms with Crippen LogP contribution in [-0.2, 0) is 11.2 Å². The summed E-state index contributed by atoms with van der Waals surface area (Å²) in [4.78, 5) is 14.0. The standard InChI is InChI=1S/C15H14BrN3O/c1-18-11-3-5-13-9(6-11)7-15(20)19(13)14-4-2-10(16)8-12(14)17/h2-6,8,18H,7,17H2,1H3. The Morgan fingerprint density at radius 1 is 1.20 bits per heavy atom. The number of anilines is 4. The summed E-state index contributed by atoms with van der Waals surface area (Å²) in [6, 6.07) is 11.5. The Balaban J connectivity index is 2.10. The fourth-order valence-electron chi connectivity index (χ4n) is 2.47. The van der Waals surface area contributed by atoms with Gasteiger partial charge in [-0.05, 0) is 42.0 Å². The molecule has 102 valence electrons. The van der Waals surface area contributed by atoms with Crippen molar-refractivity contribution in [2.24, 2.45) is 0 Å². The Hall–Kier alpha value is -2.01. The SMILES string of the molecule is CNc1ccc2c(c1)CC(=O)N2c1ccc(Br)cc1N. The molecule has 3 N–H and O–H groups in total. The lowest BCUT2D eigenvalue weighted by Crippen LogP contribution is -2.21. The number of amides is 1. The first-order chi connectivity index (χ1) is 9.60. The van der Waals surface area contributed by atoms with Gasteiger partial charge in [0.1, 0.15) is 0 Å². The van der Waals surface area contributed by atoms with Gasteiger partial charge in [0.25, 0.3) is 0 Å². The molecule has 3 rings (SSSR count). The van der Waals surface area contributed by atoms with E-state index in [4.69, 9.17) is 5.73 Å². The minimum Gasteiger partial charge on any atom is -0.397 e. The summed E-state index contributed by atoms with van der Waals surface area (Å²) in [6.07, 6.45) is 0.403. The minimum atomic E-state index is 0.0438. The first kappa shape index (κ1) is 13.0. The van der Waals surface area contributed by atoms with Crippen molar-refractivity contribution in [1.29, 1.82) is 0 Å². The minimum absolute atomic E-state index is 0.0438. The highest BCUT2D eigenvalue weighted by Crippen LogP contribution is 2.39. The monoisotopic (exact) mass is 331 g/mol. The number of benzene rings is 2. The van der Waals surface area contributed by atoms with Gasteiger partial charge < -0.3 is 11.1 Å². The van der Waals surface area contributed by atoms with Crippen molar-refractivity contribution in [2.45, 2.75) is 6.42 Å². The van der Waals surface area contributed by atoms with Gasteiger partial charge in [0.05, 0.1) is 23.5 Å². The second-order valence-corrected chi connectivity index (χ2v) is 5.62. The molecule has 0 aromatic heterocycles. The summed E-state index contributed by atoms with van der Waals surface area (Å²) in [6.45, 7) is 0. The van der Waals surface area contributed by atoms with Crippen LogP contribution in [-0.4, -0.2) is 13.0 Å². The number of nitrogens with two attached hydrogens (primary N) is 1. The molecule has 0 aliphatic carbocycles. The topological polar surface area (TPSA) is 58.4 Å². The Bertz CT molecular complexity index is 700. The molecule has 0 fully saturated rings. The molecule has 1 aliphatic heterocycles. The summed E-state index contributed by atoms with van der Waals surface area (Å²) >= 11 is 3.38. The van der Waals surface area contributed by atoms with Gasteiger partial charge in [-0.25, -0.2) is 0 Å². The fraction of sp³-hybridized carbons (Fsp3) is 0.133. The lowest BCUT2D eigenvalue weighted by molar-refractivity contribution is -0.116. The third-order valence-electron chi connectivity index (χ3n) is 3.43. The van der Waals surface area contributed by atoms with E-state index in [1.165, 1.54) is 0 Å². The van der Waals surface area contributed by atoms with Gasteiger partial charge in [-0.2, -0.15) is 0 Å². The predicted octanol–water partition coefficient (Wildman–Crippen LogP) is 3.29. The van der Waals surface area contributed by atoms with Crippen LogP contribution in [0.15, 0.2) is 40.9 Å². The number of hydrogen-bond acceptors (Lipinski definition) is 3. The summed E-state index contributed by atoms with van der Waals surface area (Å²) in [5.74, 6) is 0.0438. The van der Waals surface area contributed by atoms with Crippen LogP contribution < -0.4 is 16.0 Å². The zero-order chi connectivity index (χ0) is 14.3. The molecule has 1 heterocycles. The van der Waals surface area contributed by atoms with Crippen molar-refractivity contribution in [3.05, 3.63) is 46.4 Å². The van der Waals surface area contributed by atoms with Crippen LogP contribution in [0.4, 0.5) is 22.7 Å². The number of fused-ring (bicyclic) bond motifs is 1. The average molecular weight is 332 g/mol. The molecule has 2 aromatic rings. The average Bonchev–Trinajstić information content (AvgIpc) is 2.74. The fourth-order valence-corrected chi connectivity index (χ4v) is 2.85. The number of carbonyl (C=O) groups excluding carboxylic acids is 1. The van der Waals surface area contributed by atoms with E-state index in [2.05, 4.69) is 21.2 Å². The molecule has 20 heavy (non-hydrogen) atoms. The molecule has 1 amide bonds. The van der Waals surface area contributed by atoms with E-state index in [-0.39, 0.29) is 5.91 Å². The molecule has 2 aromatic carbocycles. The number of halogens is 1. The third kappa shape index (κ3) is 2.04. The zero-order valence-electron chi connectivity index (χ0n) is 11.0. The predicted molar refractivity (Wildman–Crippen MR) is 85.4 cm³/mol. The molecule has 0 saturated carbocycles. The second kappa shape index (κ2) is 4.83. The van der Waals surface area contributed by atoms with Crippen molar-refractivity contribution >= 4 is 44.6 Å². The van der Waals surface area contributed by atoms with Gasteiger partial charge in [0.15, 0.2) is 0 Å². The molecule has 0 radical (unpaired) electrons. The van der Waals surface area contributed by atoms with Crippen molar-refractivity contribution in [3.8, 4) is 0 Å². The maximum atomic E-state index is 12.3. The summed E-state index contributed by atoms with van der Waals surface area (Å²) < 4.78 is 0.899. The van der Waals surface area contributed by atoms with Crippen LogP contribution in [0.25, 0.3) is 0 Å². The van der Waals surface area contributed by atoms with Gasteiger partial charge in [-0.15, -0.1) is 0 Å². The second-order valence-electron chi connectivity index (χ2n) is 4.70. The van der Waals surface area contributed by atoms with Crippen LogP contribution in [0.5, 0.6) is 0 Å². The van der Waals surface area contributed by atoms with Gasteiger partial charge in [0.2, 0.25) is 5.91 Å². The molecule has 0 bridgehead atoms. The Morgan fingerprint density at radius 3 is 2.65 bits per heavy atom. The maximum absolute atomic E-state index is 12.3. The van der Waals surface area contributed by atoms with Crippen LogP contribution in [0.2, 0.25) is 0 Å². The van der Waals surface area contributed by atoms with Crippen molar-refractivity contribution in [3.63, 3.8) is 0 Å². The Kier molecular flexibility index (Phi) is 3.14. The highest BCUT2D eigenvalue weighted by molar-refractivity contribution is 9.10. The van der Waals surface area contributed by atoms with Crippen molar-refractivity contribution in [2.75, 3.05) is 23.0 Å². The normalized spacial score (nSPS) is 13.5. The highest BCUT2D eigenvalue weighted by Gasteiger charge is 2.29. The van der Waals surface area contributed by atoms with Gasteiger partial charge >= 0.3 is 0 Å². The van der Waals surface area contributed by atoms with Crippen LogP contribution >= 0.6 is 15.9 Å². The van der Waals surface area contributed by atoms with E-state index in [0.29, 0.717) is 12.1 Å². The lowest BCUT2D eigenvalue weighted by Gasteiger charge is -2.20. The molecular formula is C15H14BrN3O. The number of rotatable bonds is 2. The first-order valence-corrected chi connectivity index (χ1v) is 7.08. The van der Waals surface area contributed by atoms with Crippen LogP contribution in [0.1, 0.15) is 5.56 Å². The maximum Gasteiger partial charge on any atom is 0.236 e. The lowest BCUT2D eigenvalue weighted by atomic mass is 10.1. The van der Waals surface area contributed by atoms with E-state index >= 15 is 0 Å². The summed E-state index contributed by atoms with van der Waals surface area (Å²) in [7, 11) is 1.86. The van der Waals surface area contributed by atoms with E-state index in [1.807, 2.05) is 43.4 Å². The van der Waals surface area contributed by atoms with Gasteiger partial charge in [0, 0.05) is 17.2 Å². The van der Waals surface area contributed by atoms with E-state index in [0.717, 1.165) is 27.1 Å². The molecule has 0 unspecified atom stereocenters. The van der Waals surface area contributed by atoms with E-state index < -0.39 is 0 Å². The number of nitrogen functional groups attached to an aromatic ring is 1. The zero-order valence-corrected chi connectivity index (χ0v) is 12.6. The third-order valence-corrected chi connectivity index (χ3v) is 3.92. The van der Waals surface area contributed by atoms with Crippen molar-refractivity contribution in [1.82, 2.24) is 0 Å². The largest absolute Gasteiger partial charge is 0.397 e.